The fourth-order valence-corrected chi connectivity index (χ4v) is 0.206. The first-order valence-electron chi connectivity index (χ1n) is 2.22. The summed E-state index contributed by atoms with van der Waals surface area (Å²) in [5, 5.41) is 16.6. The predicted molar refractivity (Wildman–Crippen MR) is 28.4 cm³/mol. The second kappa shape index (κ2) is 5.20. The molecule has 0 aromatic heterocycles. The molecule has 0 aromatic carbocycles. The van der Waals surface area contributed by atoms with Crippen molar-refractivity contribution in [1.82, 2.24) is 0 Å². The van der Waals surface area contributed by atoms with Crippen LogP contribution in [0.2, 0.25) is 0 Å². The van der Waals surface area contributed by atoms with Crippen molar-refractivity contribution in [2.45, 2.75) is 19.1 Å². The fourth-order valence-electron chi connectivity index (χ4n) is 0.206. The molecule has 5 heteroatoms. The van der Waals surface area contributed by atoms with Crippen LogP contribution in [0, 0.1) is 0 Å². The molecule has 4 nitrogen and oxygen atoms in total. The van der Waals surface area contributed by atoms with Gasteiger partial charge in [-0.2, -0.15) is 0 Å². The van der Waals surface area contributed by atoms with Gasteiger partial charge in [-0.25, -0.2) is 0 Å². The largest absolute Gasteiger partial charge is 1.00 e. The molecule has 0 fully saturated rings. The van der Waals surface area contributed by atoms with Crippen LogP contribution in [0.25, 0.3) is 0 Å². The molecule has 0 radical (unpaired) electrons. The van der Waals surface area contributed by atoms with Crippen LogP contribution in [-0.2, 0) is 4.79 Å². The van der Waals surface area contributed by atoms with Crippen molar-refractivity contribution >= 4 is 5.97 Å². The van der Waals surface area contributed by atoms with Crippen LogP contribution >= 0.6 is 0 Å². The number of nitrogens with two attached hydrogens (primary N) is 1. The maximum Gasteiger partial charge on any atom is 1.00 e. The zero-order chi connectivity index (χ0) is 6.73. The zero-order valence-corrected chi connectivity index (χ0v) is 7.53. The summed E-state index contributed by atoms with van der Waals surface area (Å²) in [5.74, 6) is -1.18. The van der Waals surface area contributed by atoms with Gasteiger partial charge in [-0.05, 0) is 6.92 Å². The van der Waals surface area contributed by atoms with E-state index < -0.39 is 18.1 Å². The topological polar surface area (TPSA) is 83.5 Å². The Morgan fingerprint density at radius 3 is 2.11 bits per heavy atom. The molecule has 0 rings (SSSR count). The van der Waals surface area contributed by atoms with E-state index in [4.69, 9.17) is 15.9 Å². The molecule has 0 amide bonds. The maximum absolute atomic E-state index is 9.86. The molecule has 9 heavy (non-hydrogen) atoms. The number of hydrogen-bond acceptors (Lipinski definition) is 3. The van der Waals surface area contributed by atoms with E-state index in [2.05, 4.69) is 0 Å². The van der Waals surface area contributed by atoms with Crippen LogP contribution in [0.1, 0.15) is 8.35 Å². The Balaban J connectivity index is -0.000000245. The van der Waals surface area contributed by atoms with Gasteiger partial charge < -0.3 is 17.4 Å². The first-order valence-corrected chi connectivity index (χ1v) is 2.22. The van der Waals surface area contributed by atoms with Crippen molar-refractivity contribution in [3.63, 3.8) is 0 Å². The average Bonchev–Trinajstić information content (AvgIpc) is 1.64. The van der Waals surface area contributed by atoms with Gasteiger partial charge in [0.25, 0.3) is 0 Å². The third-order valence-electron chi connectivity index (χ3n) is 0.805. The monoisotopic (exact) mass is 143 g/mol. The van der Waals surface area contributed by atoms with Crippen molar-refractivity contribution < 1.29 is 46.0 Å². The van der Waals surface area contributed by atoms with E-state index in [1.165, 1.54) is 6.92 Å². The van der Waals surface area contributed by atoms with Crippen molar-refractivity contribution in [1.29, 1.82) is 0 Å². The molecule has 0 aliphatic rings. The molecule has 0 aliphatic heterocycles. The molecule has 0 saturated carbocycles. The number of hydrogen-bond donors (Lipinski definition) is 3. The molecule has 0 spiro atoms. The van der Waals surface area contributed by atoms with E-state index >= 15 is 0 Å². The standard InChI is InChI=1S/C4H9NO3.Na.H/c1-2(6)3(5)4(7)8;;/h2-3,6H,5H2,1H3,(H,7,8);;/q;+1;-1/t2-,3+;;/m1../s1. The van der Waals surface area contributed by atoms with E-state index in [1.54, 1.807) is 0 Å². The van der Waals surface area contributed by atoms with Crippen LogP contribution < -0.4 is 35.3 Å². The molecule has 0 aromatic rings. The molecular formula is C4H10NNaO3. The third kappa shape index (κ3) is 4.87. The number of carboxylic acids is 1. The summed E-state index contributed by atoms with van der Waals surface area (Å²) in [6.07, 6.45) is -0.979. The summed E-state index contributed by atoms with van der Waals surface area (Å²) >= 11 is 0. The molecule has 0 bridgehead atoms. The van der Waals surface area contributed by atoms with Gasteiger partial charge in [-0.15, -0.1) is 0 Å². The Morgan fingerprint density at radius 1 is 1.78 bits per heavy atom. The SMILES string of the molecule is C[C@@H](O)[C@H](N)C(=O)O.[H-].[Na+]. The number of aliphatic hydroxyl groups excluding tert-OH is 1. The van der Waals surface area contributed by atoms with Crippen molar-refractivity contribution in [2.75, 3.05) is 0 Å². The predicted octanol–water partition coefficient (Wildman–Crippen LogP) is -4.10. The Labute approximate surface area is 76.8 Å². The second-order valence-corrected chi connectivity index (χ2v) is 1.60. The Hall–Kier alpha value is 0.390. The number of carboxylic acid groups (broad SMARTS) is 1. The molecular weight excluding hydrogens is 133 g/mol. The van der Waals surface area contributed by atoms with Crippen LogP contribution in [0.15, 0.2) is 0 Å². The molecule has 50 valence electrons. The Kier molecular flexibility index (Phi) is 6.99. The quantitative estimate of drug-likeness (QED) is 0.343. The second-order valence-electron chi connectivity index (χ2n) is 1.60. The molecule has 0 saturated heterocycles. The normalized spacial score (nSPS) is 15.4. The van der Waals surface area contributed by atoms with Crippen molar-refractivity contribution in [2.24, 2.45) is 5.73 Å². The minimum atomic E-state index is -1.18. The van der Waals surface area contributed by atoms with Gasteiger partial charge in [-0.3, -0.25) is 4.79 Å². The number of carbonyl (C=O) groups is 1. The number of aliphatic carboxylic acids is 1. The minimum absolute atomic E-state index is 0. The van der Waals surface area contributed by atoms with Crippen molar-refractivity contribution in [3.8, 4) is 0 Å². The first kappa shape index (κ1) is 12.1. The van der Waals surface area contributed by atoms with Gasteiger partial charge in [-0.1, -0.05) is 0 Å². The van der Waals surface area contributed by atoms with Crippen molar-refractivity contribution in [3.05, 3.63) is 0 Å². The molecule has 0 heterocycles. The number of rotatable bonds is 2. The van der Waals surface area contributed by atoms with E-state index in [1.807, 2.05) is 0 Å². The van der Waals surface area contributed by atoms with Crippen LogP contribution in [0.5, 0.6) is 0 Å². The van der Waals surface area contributed by atoms with Crippen LogP contribution in [0.3, 0.4) is 0 Å². The molecule has 4 N–H and O–H groups in total. The minimum Gasteiger partial charge on any atom is -1.00 e. The van der Waals surface area contributed by atoms with E-state index in [0.717, 1.165) is 0 Å². The summed E-state index contributed by atoms with van der Waals surface area (Å²) in [6.45, 7) is 1.33. The van der Waals surface area contributed by atoms with E-state index in [9.17, 15) is 4.79 Å². The summed E-state index contributed by atoms with van der Waals surface area (Å²) in [5.41, 5.74) is 4.91. The van der Waals surface area contributed by atoms with E-state index in [-0.39, 0.29) is 31.0 Å². The summed E-state index contributed by atoms with van der Waals surface area (Å²) in [4.78, 5) is 9.86. The third-order valence-corrected chi connectivity index (χ3v) is 0.805. The maximum atomic E-state index is 9.86. The average molecular weight is 143 g/mol. The van der Waals surface area contributed by atoms with Gasteiger partial charge >= 0.3 is 35.5 Å². The van der Waals surface area contributed by atoms with Gasteiger partial charge in [0.05, 0.1) is 6.10 Å². The Bertz CT molecular complexity index is 101. The Morgan fingerprint density at radius 2 is 2.11 bits per heavy atom. The first-order chi connectivity index (χ1) is 3.55. The van der Waals surface area contributed by atoms with Crippen LogP contribution in [0.4, 0.5) is 0 Å². The van der Waals surface area contributed by atoms with Crippen LogP contribution in [-0.4, -0.2) is 28.3 Å². The molecule has 0 aliphatic carbocycles. The van der Waals surface area contributed by atoms with Gasteiger partial charge in [0.1, 0.15) is 6.04 Å². The number of aliphatic hydroxyl groups is 1. The van der Waals surface area contributed by atoms with Gasteiger partial charge in [0.2, 0.25) is 0 Å². The summed E-state index contributed by atoms with van der Waals surface area (Å²) in [7, 11) is 0. The smallest absolute Gasteiger partial charge is 1.00 e. The molecule has 0 unspecified atom stereocenters. The fraction of sp³-hybridized carbons (Fsp3) is 0.750. The zero-order valence-electron chi connectivity index (χ0n) is 6.53. The van der Waals surface area contributed by atoms with Gasteiger partial charge in [0, 0.05) is 0 Å². The summed E-state index contributed by atoms with van der Waals surface area (Å²) < 4.78 is 0. The van der Waals surface area contributed by atoms with Gasteiger partial charge in [0.15, 0.2) is 0 Å². The van der Waals surface area contributed by atoms with E-state index in [0.29, 0.717) is 0 Å². The summed E-state index contributed by atoms with van der Waals surface area (Å²) in [6, 6.07) is -1.16. The molecule has 2 atom stereocenters.